The Bertz CT molecular complexity index is 407. The molecule has 1 rings (SSSR count). The number of hydrogen-bond acceptors (Lipinski definition) is 1. The monoisotopic (exact) mass is 228 g/mol. The van der Waals surface area contributed by atoms with Crippen LogP contribution in [0, 0.1) is 13.8 Å². The van der Waals surface area contributed by atoms with Gasteiger partial charge in [0.05, 0.1) is 5.30 Å². The minimum Gasteiger partial charge on any atom is -0.321 e. The Morgan fingerprint density at radius 3 is 2.33 bits per heavy atom. The molecule has 1 aromatic rings. The van der Waals surface area contributed by atoms with Gasteiger partial charge < -0.3 is 9.79 Å². The molecule has 4 heteroatoms. The molecule has 3 nitrogen and oxygen atoms in total. The Morgan fingerprint density at radius 1 is 1.27 bits per heavy atom. The van der Waals surface area contributed by atoms with E-state index in [1.807, 2.05) is 20.8 Å². The molecule has 1 aromatic carbocycles. The number of benzene rings is 1. The van der Waals surface area contributed by atoms with E-state index in [9.17, 15) is 14.4 Å². The predicted octanol–water partition coefficient (Wildman–Crippen LogP) is 2.06. The van der Waals surface area contributed by atoms with Gasteiger partial charge in [-0.2, -0.15) is 0 Å². The summed E-state index contributed by atoms with van der Waals surface area (Å²) in [5.74, 6) is 0. The fourth-order valence-electron chi connectivity index (χ4n) is 1.70. The molecular weight excluding hydrogens is 211 g/mol. The van der Waals surface area contributed by atoms with Gasteiger partial charge in [0, 0.05) is 0 Å². The maximum atomic E-state index is 11.3. The molecule has 0 heterocycles. The highest BCUT2D eigenvalue weighted by Gasteiger charge is 2.22. The van der Waals surface area contributed by atoms with Crippen LogP contribution in [0.1, 0.15) is 30.0 Å². The molecular formula is C11H17O3P. The predicted molar refractivity (Wildman–Crippen MR) is 61.6 cm³/mol. The van der Waals surface area contributed by atoms with Crippen LogP contribution in [0.2, 0.25) is 0 Å². The van der Waals surface area contributed by atoms with Crippen LogP contribution in [0.25, 0.3) is 0 Å². The smallest absolute Gasteiger partial charge is 0.321 e. The van der Waals surface area contributed by atoms with Gasteiger partial charge in [0.25, 0.3) is 0 Å². The van der Waals surface area contributed by atoms with E-state index in [1.165, 1.54) is 0 Å². The molecule has 0 spiro atoms. The first-order chi connectivity index (χ1) is 6.88. The van der Waals surface area contributed by atoms with Crippen molar-refractivity contribution in [2.45, 2.75) is 33.6 Å². The van der Waals surface area contributed by atoms with Gasteiger partial charge in [-0.1, -0.05) is 19.4 Å². The van der Waals surface area contributed by atoms with E-state index in [1.54, 1.807) is 12.1 Å². The second-order valence-electron chi connectivity index (χ2n) is 3.80. The summed E-state index contributed by atoms with van der Waals surface area (Å²) in [5.41, 5.74) is 2.89. The van der Waals surface area contributed by atoms with Gasteiger partial charge in [-0.3, -0.25) is 4.57 Å². The van der Waals surface area contributed by atoms with Gasteiger partial charge in [-0.25, -0.2) is 0 Å². The van der Waals surface area contributed by atoms with Gasteiger partial charge in [-0.15, -0.1) is 0 Å². The summed E-state index contributed by atoms with van der Waals surface area (Å²) in [6.45, 7) is 5.88. The van der Waals surface area contributed by atoms with E-state index < -0.39 is 7.60 Å². The molecule has 84 valence electrons. The fraction of sp³-hybridized carbons (Fsp3) is 0.455. The number of aryl methyl sites for hydroxylation is 1. The molecule has 0 unspecified atom stereocenters. The number of rotatable bonds is 3. The quantitative estimate of drug-likeness (QED) is 0.778. The van der Waals surface area contributed by atoms with Gasteiger partial charge in [0.15, 0.2) is 0 Å². The third-order valence-electron chi connectivity index (χ3n) is 2.66. The lowest BCUT2D eigenvalue weighted by Crippen LogP contribution is -2.13. The van der Waals surface area contributed by atoms with Gasteiger partial charge in [-0.05, 0) is 43.0 Å². The van der Waals surface area contributed by atoms with Crippen LogP contribution in [-0.2, 0) is 11.0 Å². The zero-order valence-electron chi connectivity index (χ0n) is 9.32. The standard InChI is InChI=1S/C11H17O3P/c1-4-5-10-9(3)8(2)6-7-11(10)15(12,13)14/h6-7H,4-5H2,1-3H3,(H2,12,13,14). The zero-order valence-corrected chi connectivity index (χ0v) is 10.2. The normalized spacial score (nSPS) is 11.8. The zero-order chi connectivity index (χ0) is 11.6. The highest BCUT2D eigenvalue weighted by Crippen LogP contribution is 2.36. The summed E-state index contributed by atoms with van der Waals surface area (Å²) in [4.78, 5) is 18.4. The highest BCUT2D eigenvalue weighted by atomic mass is 31.2. The molecule has 0 radical (unpaired) electrons. The Hall–Kier alpha value is -0.630. The van der Waals surface area contributed by atoms with Crippen LogP contribution in [-0.4, -0.2) is 9.79 Å². The van der Waals surface area contributed by atoms with Crippen molar-refractivity contribution in [3.05, 3.63) is 28.8 Å². The van der Waals surface area contributed by atoms with Crippen molar-refractivity contribution in [3.63, 3.8) is 0 Å². The summed E-state index contributed by atoms with van der Waals surface area (Å²) in [6.07, 6.45) is 1.60. The fourth-order valence-corrected chi connectivity index (χ4v) is 2.60. The van der Waals surface area contributed by atoms with Gasteiger partial charge in [0.1, 0.15) is 0 Å². The van der Waals surface area contributed by atoms with E-state index in [4.69, 9.17) is 0 Å². The summed E-state index contributed by atoms with van der Waals surface area (Å²) >= 11 is 0. The topological polar surface area (TPSA) is 57.5 Å². The molecule has 0 saturated carbocycles. The van der Waals surface area contributed by atoms with Crippen molar-refractivity contribution in [3.8, 4) is 0 Å². The second-order valence-corrected chi connectivity index (χ2v) is 5.37. The van der Waals surface area contributed by atoms with Crippen LogP contribution >= 0.6 is 7.60 Å². The van der Waals surface area contributed by atoms with Crippen LogP contribution in [0.15, 0.2) is 12.1 Å². The molecule has 0 aromatic heterocycles. The van der Waals surface area contributed by atoms with Crippen molar-refractivity contribution in [2.75, 3.05) is 0 Å². The van der Waals surface area contributed by atoms with Crippen molar-refractivity contribution < 1.29 is 14.4 Å². The molecule has 15 heavy (non-hydrogen) atoms. The molecule has 0 fully saturated rings. The maximum Gasteiger partial charge on any atom is 0.356 e. The lowest BCUT2D eigenvalue weighted by atomic mass is 10.00. The summed E-state index contributed by atoms with van der Waals surface area (Å²) in [7, 11) is -4.13. The lowest BCUT2D eigenvalue weighted by Gasteiger charge is -2.14. The summed E-state index contributed by atoms with van der Waals surface area (Å²) in [6, 6.07) is 3.32. The van der Waals surface area contributed by atoms with Crippen LogP contribution in [0.3, 0.4) is 0 Å². The molecule has 0 aliphatic carbocycles. The molecule has 0 bridgehead atoms. The van der Waals surface area contributed by atoms with Gasteiger partial charge in [0.2, 0.25) is 0 Å². The largest absolute Gasteiger partial charge is 0.356 e. The Kier molecular flexibility index (Phi) is 3.72. The van der Waals surface area contributed by atoms with Crippen molar-refractivity contribution in [1.29, 1.82) is 0 Å². The first kappa shape index (κ1) is 12.4. The van der Waals surface area contributed by atoms with E-state index >= 15 is 0 Å². The molecule has 0 aliphatic heterocycles. The second kappa shape index (κ2) is 4.48. The average molecular weight is 228 g/mol. The van der Waals surface area contributed by atoms with Crippen LogP contribution in [0.5, 0.6) is 0 Å². The molecule has 0 amide bonds. The highest BCUT2D eigenvalue weighted by molar-refractivity contribution is 7.60. The molecule has 2 N–H and O–H groups in total. The van der Waals surface area contributed by atoms with Crippen molar-refractivity contribution in [2.24, 2.45) is 0 Å². The molecule has 0 atom stereocenters. The van der Waals surface area contributed by atoms with E-state index in [2.05, 4.69) is 0 Å². The third kappa shape index (κ3) is 2.69. The first-order valence-corrected chi connectivity index (χ1v) is 6.64. The maximum absolute atomic E-state index is 11.3. The van der Waals surface area contributed by atoms with E-state index in [-0.39, 0.29) is 5.30 Å². The Balaban J connectivity index is 3.40. The minimum absolute atomic E-state index is 0.187. The van der Waals surface area contributed by atoms with Crippen molar-refractivity contribution in [1.82, 2.24) is 0 Å². The SMILES string of the molecule is CCCc1c(P(=O)(O)O)ccc(C)c1C. The van der Waals surface area contributed by atoms with E-state index in [0.717, 1.165) is 23.1 Å². The summed E-state index contributed by atoms with van der Waals surface area (Å²) in [5, 5.41) is 0.187. The lowest BCUT2D eigenvalue weighted by molar-refractivity contribution is 0.387. The van der Waals surface area contributed by atoms with Crippen LogP contribution in [0.4, 0.5) is 0 Å². The molecule has 0 saturated heterocycles. The Morgan fingerprint density at radius 2 is 1.87 bits per heavy atom. The number of hydrogen-bond donors (Lipinski definition) is 2. The van der Waals surface area contributed by atoms with Gasteiger partial charge >= 0.3 is 7.60 Å². The average Bonchev–Trinajstić information content (AvgIpc) is 2.11. The first-order valence-electron chi connectivity index (χ1n) is 5.03. The third-order valence-corrected chi connectivity index (χ3v) is 3.71. The van der Waals surface area contributed by atoms with Crippen molar-refractivity contribution >= 4 is 12.9 Å². The summed E-state index contributed by atoms with van der Waals surface area (Å²) < 4.78 is 11.3. The van der Waals surface area contributed by atoms with Crippen LogP contribution < -0.4 is 5.30 Å². The van der Waals surface area contributed by atoms with E-state index in [0.29, 0.717) is 6.42 Å². The molecule has 0 aliphatic rings. The Labute approximate surface area is 90.3 Å². The minimum atomic E-state index is -4.13.